The molecule has 0 aliphatic carbocycles. The molecule has 0 fully saturated rings. The van der Waals surface area contributed by atoms with E-state index < -0.39 is 0 Å². The number of benzene rings is 1. The average Bonchev–Trinajstić information content (AvgIpc) is 2.09. The number of rotatable bonds is 1. The van der Waals surface area contributed by atoms with E-state index in [1.807, 2.05) is 28.7 Å². The summed E-state index contributed by atoms with van der Waals surface area (Å²) in [4.78, 5) is 0. The van der Waals surface area contributed by atoms with E-state index in [0.717, 1.165) is 12.7 Å². The van der Waals surface area contributed by atoms with Crippen molar-refractivity contribution in [1.82, 2.24) is 0 Å². The molecular formula is C7H4I3NO2. The Balaban J connectivity index is 3.43. The van der Waals surface area contributed by atoms with Crippen molar-refractivity contribution >= 4 is 74.0 Å². The third-order valence-corrected chi connectivity index (χ3v) is 4.17. The van der Waals surface area contributed by atoms with Gasteiger partial charge in [-0.2, -0.15) is 0 Å². The Morgan fingerprint density at radius 3 is 2.38 bits per heavy atom. The van der Waals surface area contributed by atoms with Crippen molar-refractivity contribution < 1.29 is 10.3 Å². The van der Waals surface area contributed by atoms with Gasteiger partial charge in [-0.05, 0) is 73.8 Å². The molecule has 0 spiro atoms. The summed E-state index contributed by atoms with van der Waals surface area (Å²) < 4.78 is 2.44. The highest BCUT2D eigenvalue weighted by atomic mass is 127. The molecule has 0 amide bonds. The van der Waals surface area contributed by atoms with Crippen LogP contribution in [-0.2, 0) is 0 Å². The maximum Gasteiger partial charge on any atom is 0.142 e. The van der Waals surface area contributed by atoms with Crippen LogP contribution < -0.4 is 0 Å². The SMILES string of the molecule is O/N=C/c1c(I)cc(I)c(O)c1I. The van der Waals surface area contributed by atoms with Gasteiger partial charge in [0.1, 0.15) is 5.75 Å². The van der Waals surface area contributed by atoms with Gasteiger partial charge in [-0.1, -0.05) is 5.16 Å². The van der Waals surface area contributed by atoms with E-state index in [1.54, 1.807) is 0 Å². The van der Waals surface area contributed by atoms with Gasteiger partial charge in [-0.3, -0.25) is 0 Å². The summed E-state index contributed by atoms with van der Waals surface area (Å²) in [6.45, 7) is 0. The standard InChI is InChI=1S/C7H4I3NO2/c8-4-1-5(9)7(12)6(10)3(4)2-11-13/h1-2,12-13H/b11-2+. The van der Waals surface area contributed by atoms with Crippen LogP contribution in [0.3, 0.4) is 0 Å². The van der Waals surface area contributed by atoms with Crippen LogP contribution >= 0.6 is 67.8 Å². The van der Waals surface area contributed by atoms with Crippen molar-refractivity contribution in [3.63, 3.8) is 0 Å². The minimum atomic E-state index is 0.233. The summed E-state index contributed by atoms with van der Waals surface area (Å²) in [5.41, 5.74) is 0.738. The quantitative estimate of drug-likeness (QED) is 0.262. The number of hydrogen-bond acceptors (Lipinski definition) is 3. The predicted octanol–water partition coefficient (Wildman–Crippen LogP) is 3.01. The molecule has 0 bridgehead atoms. The van der Waals surface area contributed by atoms with Crippen molar-refractivity contribution in [3.8, 4) is 5.75 Å². The fraction of sp³-hybridized carbons (Fsp3) is 0. The molecule has 70 valence electrons. The maximum atomic E-state index is 9.58. The van der Waals surface area contributed by atoms with Gasteiger partial charge in [0, 0.05) is 9.13 Å². The smallest absolute Gasteiger partial charge is 0.142 e. The normalized spacial score (nSPS) is 11.0. The first-order chi connectivity index (χ1) is 6.07. The first kappa shape index (κ1) is 11.8. The zero-order chi connectivity index (χ0) is 10.0. The molecule has 13 heavy (non-hydrogen) atoms. The topological polar surface area (TPSA) is 52.8 Å². The molecule has 0 aromatic heterocycles. The highest BCUT2D eigenvalue weighted by molar-refractivity contribution is 14.1. The Kier molecular flexibility index (Phi) is 4.48. The fourth-order valence-electron chi connectivity index (χ4n) is 0.771. The third-order valence-electron chi connectivity index (χ3n) is 1.37. The first-order valence-corrected chi connectivity index (χ1v) is 6.35. The van der Waals surface area contributed by atoms with Crippen molar-refractivity contribution in [2.45, 2.75) is 0 Å². The molecular weight excluding hydrogens is 511 g/mol. The highest BCUT2D eigenvalue weighted by Crippen LogP contribution is 2.31. The Morgan fingerprint density at radius 2 is 1.85 bits per heavy atom. The number of nitrogens with zero attached hydrogens (tertiary/aromatic N) is 1. The summed E-state index contributed by atoms with van der Waals surface area (Å²) >= 11 is 6.20. The molecule has 0 atom stereocenters. The predicted molar refractivity (Wildman–Crippen MR) is 75.6 cm³/mol. The van der Waals surface area contributed by atoms with Crippen LogP contribution in [0.2, 0.25) is 0 Å². The van der Waals surface area contributed by atoms with Crippen LogP contribution in [0.1, 0.15) is 5.56 Å². The van der Waals surface area contributed by atoms with Gasteiger partial charge >= 0.3 is 0 Å². The molecule has 1 aromatic rings. The summed E-state index contributed by atoms with van der Waals surface area (Å²) in [6.07, 6.45) is 1.32. The molecule has 0 aliphatic heterocycles. The number of hydrogen-bond donors (Lipinski definition) is 2. The van der Waals surface area contributed by atoms with Crippen LogP contribution in [0.15, 0.2) is 11.2 Å². The summed E-state index contributed by atoms with van der Waals surface area (Å²) in [7, 11) is 0. The van der Waals surface area contributed by atoms with Gasteiger partial charge in [-0.25, -0.2) is 0 Å². The lowest BCUT2D eigenvalue weighted by atomic mass is 10.2. The van der Waals surface area contributed by atoms with Crippen LogP contribution in [-0.4, -0.2) is 16.5 Å². The number of phenols is 1. The van der Waals surface area contributed by atoms with Crippen molar-refractivity contribution in [3.05, 3.63) is 22.3 Å². The number of halogens is 3. The van der Waals surface area contributed by atoms with Crippen LogP contribution in [0.5, 0.6) is 5.75 Å². The Morgan fingerprint density at radius 1 is 1.23 bits per heavy atom. The van der Waals surface area contributed by atoms with E-state index in [1.165, 1.54) is 6.21 Å². The minimum absolute atomic E-state index is 0.233. The van der Waals surface area contributed by atoms with Gasteiger partial charge in [0.25, 0.3) is 0 Å². The molecule has 1 aromatic carbocycles. The first-order valence-electron chi connectivity index (χ1n) is 3.11. The van der Waals surface area contributed by atoms with E-state index in [4.69, 9.17) is 5.21 Å². The number of oxime groups is 1. The van der Waals surface area contributed by atoms with E-state index in [9.17, 15) is 5.11 Å². The maximum absolute atomic E-state index is 9.58. The van der Waals surface area contributed by atoms with Crippen LogP contribution in [0.4, 0.5) is 0 Å². The molecule has 0 unspecified atom stereocenters. The van der Waals surface area contributed by atoms with Crippen molar-refractivity contribution in [2.24, 2.45) is 5.16 Å². The second-order valence-corrected chi connectivity index (χ2v) is 5.56. The molecule has 6 heteroatoms. The summed E-state index contributed by atoms with van der Waals surface area (Å²) in [5.74, 6) is 0.233. The third kappa shape index (κ3) is 2.58. The highest BCUT2D eigenvalue weighted by Gasteiger charge is 2.11. The van der Waals surface area contributed by atoms with E-state index in [0.29, 0.717) is 3.57 Å². The van der Waals surface area contributed by atoms with Crippen LogP contribution in [0.25, 0.3) is 0 Å². The largest absolute Gasteiger partial charge is 0.506 e. The van der Waals surface area contributed by atoms with Gasteiger partial charge in [0.05, 0.1) is 13.4 Å². The van der Waals surface area contributed by atoms with Crippen molar-refractivity contribution in [2.75, 3.05) is 0 Å². The molecule has 0 saturated heterocycles. The summed E-state index contributed by atoms with van der Waals surface area (Å²) in [6, 6.07) is 1.83. The monoisotopic (exact) mass is 515 g/mol. The lowest BCUT2D eigenvalue weighted by Gasteiger charge is -2.05. The zero-order valence-corrected chi connectivity index (χ0v) is 12.6. The molecule has 0 heterocycles. The average molecular weight is 515 g/mol. The lowest BCUT2D eigenvalue weighted by molar-refractivity contribution is 0.322. The Bertz CT molecular complexity index is 365. The van der Waals surface area contributed by atoms with E-state index >= 15 is 0 Å². The molecule has 2 N–H and O–H groups in total. The lowest BCUT2D eigenvalue weighted by Crippen LogP contribution is -1.94. The van der Waals surface area contributed by atoms with Crippen molar-refractivity contribution in [1.29, 1.82) is 0 Å². The molecule has 1 rings (SSSR count). The second kappa shape index (κ2) is 4.96. The molecule has 0 aliphatic rings. The zero-order valence-electron chi connectivity index (χ0n) is 6.13. The van der Waals surface area contributed by atoms with Gasteiger partial charge in [0.2, 0.25) is 0 Å². The van der Waals surface area contributed by atoms with Gasteiger partial charge in [0.15, 0.2) is 0 Å². The van der Waals surface area contributed by atoms with Gasteiger partial charge < -0.3 is 10.3 Å². The fourth-order valence-corrected chi connectivity index (χ4v) is 4.42. The number of aromatic hydroxyl groups is 1. The van der Waals surface area contributed by atoms with Gasteiger partial charge in [-0.15, -0.1) is 0 Å². The Hall–Kier alpha value is 0.680. The minimum Gasteiger partial charge on any atom is -0.506 e. The molecule has 3 nitrogen and oxygen atoms in total. The second-order valence-electron chi connectivity index (χ2n) is 2.16. The van der Waals surface area contributed by atoms with E-state index in [2.05, 4.69) is 50.3 Å². The molecule has 0 saturated carbocycles. The van der Waals surface area contributed by atoms with Crippen LogP contribution in [0, 0.1) is 10.7 Å². The Labute approximate surface area is 116 Å². The number of phenolic OH excluding ortho intramolecular Hbond substituents is 1. The van der Waals surface area contributed by atoms with E-state index in [-0.39, 0.29) is 5.75 Å². The summed E-state index contributed by atoms with van der Waals surface area (Å²) in [5, 5.41) is 20.9. The molecule has 0 radical (unpaired) electrons.